The molecule has 0 saturated heterocycles. The zero-order chi connectivity index (χ0) is 20.8. The molecule has 0 bridgehead atoms. The van der Waals surface area contributed by atoms with E-state index in [1.807, 2.05) is 0 Å². The summed E-state index contributed by atoms with van der Waals surface area (Å²) in [6.07, 6.45) is 0. The van der Waals surface area contributed by atoms with Crippen molar-refractivity contribution in [1.29, 1.82) is 0 Å². The summed E-state index contributed by atoms with van der Waals surface area (Å²) in [5.41, 5.74) is -2.83. The van der Waals surface area contributed by atoms with E-state index in [0.717, 1.165) is 36.4 Å². The highest BCUT2D eigenvalue weighted by atomic mass is 19.1. The lowest BCUT2D eigenvalue weighted by Gasteiger charge is -2.39. The Kier molecular flexibility index (Phi) is 4.82. The molecule has 0 saturated carbocycles. The fourth-order valence-corrected chi connectivity index (χ4v) is 2.88. The van der Waals surface area contributed by atoms with Crippen LogP contribution in [0.15, 0.2) is 47.9 Å². The quantitative estimate of drug-likeness (QED) is 0.739. The van der Waals surface area contributed by atoms with Crippen molar-refractivity contribution in [3.05, 3.63) is 77.8 Å². The number of amides is 1. The summed E-state index contributed by atoms with van der Waals surface area (Å²) in [7, 11) is 0. The number of hydrogen-bond donors (Lipinski definition) is 1. The lowest BCUT2D eigenvalue weighted by Crippen LogP contribution is -2.47. The molecule has 0 aromatic heterocycles. The van der Waals surface area contributed by atoms with Gasteiger partial charge in [0, 0.05) is 0 Å². The van der Waals surface area contributed by atoms with Crippen LogP contribution < -0.4 is 9.80 Å². The number of aliphatic hydroxyl groups is 1. The highest BCUT2D eigenvalue weighted by Crippen LogP contribution is 2.40. The maximum absolute atomic E-state index is 14.3. The largest absolute Gasteiger partial charge is 0.494 e. The Morgan fingerprint density at radius 1 is 0.821 bits per heavy atom. The van der Waals surface area contributed by atoms with Crippen molar-refractivity contribution in [3.8, 4) is 0 Å². The zero-order valence-corrected chi connectivity index (χ0v) is 15.2. The molecule has 0 aliphatic carbocycles. The van der Waals surface area contributed by atoms with Crippen molar-refractivity contribution in [2.45, 2.75) is 20.8 Å². The molecule has 1 N–H and O–H groups in total. The molecule has 0 atom stereocenters. The molecule has 28 heavy (non-hydrogen) atoms. The molecule has 146 valence electrons. The zero-order valence-electron chi connectivity index (χ0n) is 15.2. The first-order chi connectivity index (χ1) is 13.0. The molecule has 2 aromatic rings. The number of aliphatic hydroxyl groups excluding tert-OH is 1. The Labute approximate surface area is 159 Å². The van der Waals surface area contributed by atoms with E-state index in [2.05, 4.69) is 6.67 Å². The lowest BCUT2D eigenvalue weighted by atomic mass is 9.84. The van der Waals surface area contributed by atoms with Crippen LogP contribution in [0.2, 0.25) is 0 Å². The monoisotopic (exact) mass is 392 g/mol. The lowest BCUT2D eigenvalue weighted by molar-refractivity contribution is -0.116. The van der Waals surface area contributed by atoms with E-state index in [4.69, 9.17) is 0 Å². The molecule has 0 fully saturated rings. The van der Waals surface area contributed by atoms with E-state index >= 15 is 0 Å². The first kappa shape index (κ1) is 19.7. The molecular formula is C20H16F4N2O2. The van der Waals surface area contributed by atoms with Crippen molar-refractivity contribution in [3.63, 3.8) is 0 Å². The number of anilines is 2. The number of carbonyl (C=O) groups is 1. The second-order valence-corrected chi connectivity index (χ2v) is 7.17. The van der Waals surface area contributed by atoms with E-state index in [1.165, 1.54) is 0 Å². The third kappa shape index (κ3) is 3.19. The molecule has 1 aliphatic rings. The maximum atomic E-state index is 14.3. The Balaban J connectivity index is 2.27. The van der Waals surface area contributed by atoms with Crippen LogP contribution in [-0.4, -0.2) is 11.0 Å². The number of carbonyl (C=O) groups excluding carboxylic acids is 1. The van der Waals surface area contributed by atoms with Crippen LogP contribution >= 0.6 is 0 Å². The van der Waals surface area contributed by atoms with Crippen LogP contribution in [0.25, 0.3) is 0 Å². The molecule has 2 aromatic carbocycles. The highest BCUT2D eigenvalue weighted by molar-refractivity contribution is 6.10. The van der Waals surface area contributed by atoms with Crippen LogP contribution in [0.1, 0.15) is 20.8 Å². The Hall–Kier alpha value is -3.03. The van der Waals surface area contributed by atoms with Crippen molar-refractivity contribution in [2.75, 3.05) is 9.80 Å². The molecule has 0 unspecified atom stereocenters. The second-order valence-electron chi connectivity index (χ2n) is 7.17. The Morgan fingerprint density at radius 2 is 1.21 bits per heavy atom. The van der Waals surface area contributed by atoms with Gasteiger partial charge >= 0.3 is 0 Å². The first-order valence-corrected chi connectivity index (χ1v) is 8.26. The fourth-order valence-electron chi connectivity index (χ4n) is 2.88. The first-order valence-electron chi connectivity index (χ1n) is 8.26. The summed E-state index contributed by atoms with van der Waals surface area (Å²) < 4.78 is 57.2. The van der Waals surface area contributed by atoms with Gasteiger partial charge in [-0.25, -0.2) is 17.6 Å². The van der Waals surface area contributed by atoms with Crippen LogP contribution in [-0.2, 0) is 4.79 Å². The number of rotatable bonds is 2. The Morgan fingerprint density at radius 3 is 1.61 bits per heavy atom. The normalized spacial score (nSPS) is 15.5. The van der Waals surface area contributed by atoms with Gasteiger partial charge in [-0.15, -0.1) is 0 Å². The van der Waals surface area contributed by atoms with Gasteiger partial charge < -0.3 is 5.11 Å². The summed E-state index contributed by atoms with van der Waals surface area (Å²) in [6.45, 7) is 6.89. The number of hydrogen-bond acceptors (Lipinski definition) is 3. The van der Waals surface area contributed by atoms with Crippen LogP contribution in [0.4, 0.5) is 28.9 Å². The minimum Gasteiger partial charge on any atom is -0.494 e. The molecule has 1 heterocycles. The number of halogens is 4. The summed E-state index contributed by atoms with van der Waals surface area (Å²) in [6, 6.07) is 5.95. The fraction of sp³-hybridized carbons (Fsp3) is 0.200. The van der Waals surface area contributed by atoms with Crippen LogP contribution in [0.3, 0.4) is 0 Å². The van der Waals surface area contributed by atoms with Gasteiger partial charge in [0.1, 0.15) is 34.6 Å². The standard InChI is InChI=1S/C20H16F4N2O2/c1-20(2,3)15-18(27)25(16-11(21)6-4-7-12(16)22)10-26(19(15)28)17-13(23)8-5-9-14(17)24/h4-9,27H,1-3H3. The van der Waals surface area contributed by atoms with E-state index < -0.39 is 51.8 Å². The van der Waals surface area contributed by atoms with E-state index in [-0.39, 0.29) is 5.57 Å². The van der Waals surface area contributed by atoms with Gasteiger partial charge in [-0.05, 0) is 29.7 Å². The molecule has 2 radical (unpaired) electrons. The average molecular weight is 392 g/mol. The van der Waals surface area contributed by atoms with Crippen LogP contribution in [0.5, 0.6) is 0 Å². The molecule has 0 spiro atoms. The SMILES string of the molecule is CC(C)(C)C1=C(O)N(c2c(F)cccc2F)[C]N(c2c(F)cccc2F)C1=O. The number of benzene rings is 2. The maximum Gasteiger partial charge on any atom is 0.262 e. The van der Waals surface area contributed by atoms with Gasteiger partial charge in [0.15, 0.2) is 0 Å². The van der Waals surface area contributed by atoms with Gasteiger partial charge in [0.05, 0.1) is 5.57 Å². The Bertz CT molecular complexity index is 942. The summed E-state index contributed by atoms with van der Waals surface area (Å²) in [5.74, 6) is -6.03. The second kappa shape index (κ2) is 6.85. The molecule has 1 amide bonds. The van der Waals surface area contributed by atoms with Crippen molar-refractivity contribution in [2.24, 2.45) is 5.41 Å². The summed E-state index contributed by atoms with van der Waals surface area (Å²) in [4.78, 5) is 13.9. The average Bonchev–Trinajstić information content (AvgIpc) is 2.56. The molecular weight excluding hydrogens is 376 g/mol. The van der Waals surface area contributed by atoms with Crippen molar-refractivity contribution >= 4 is 17.3 Å². The third-order valence-corrected chi connectivity index (χ3v) is 4.12. The molecule has 4 nitrogen and oxygen atoms in total. The predicted molar refractivity (Wildman–Crippen MR) is 95.0 cm³/mol. The van der Waals surface area contributed by atoms with Gasteiger partial charge in [0.2, 0.25) is 12.6 Å². The van der Waals surface area contributed by atoms with Crippen molar-refractivity contribution < 1.29 is 27.5 Å². The molecule has 1 aliphatic heterocycles. The predicted octanol–water partition coefficient (Wildman–Crippen LogP) is 4.91. The van der Waals surface area contributed by atoms with E-state index in [0.29, 0.717) is 9.80 Å². The minimum atomic E-state index is -1.08. The van der Waals surface area contributed by atoms with Gasteiger partial charge in [0.25, 0.3) is 5.91 Å². The molecule has 8 heteroatoms. The smallest absolute Gasteiger partial charge is 0.262 e. The van der Waals surface area contributed by atoms with Crippen molar-refractivity contribution in [1.82, 2.24) is 0 Å². The van der Waals surface area contributed by atoms with Gasteiger partial charge in [-0.3, -0.25) is 14.6 Å². The summed E-state index contributed by atoms with van der Waals surface area (Å²) >= 11 is 0. The van der Waals surface area contributed by atoms with Gasteiger partial charge in [-0.1, -0.05) is 32.9 Å². The highest BCUT2D eigenvalue weighted by Gasteiger charge is 2.43. The number of para-hydroxylation sites is 2. The number of nitrogens with zero attached hydrogens (tertiary/aromatic N) is 2. The minimum absolute atomic E-state index is 0.295. The van der Waals surface area contributed by atoms with Gasteiger partial charge in [-0.2, -0.15) is 0 Å². The molecule has 3 rings (SSSR count). The van der Waals surface area contributed by atoms with Crippen LogP contribution in [0, 0.1) is 35.4 Å². The topological polar surface area (TPSA) is 43.8 Å². The summed E-state index contributed by atoms with van der Waals surface area (Å²) in [5, 5.41) is 10.6. The van der Waals surface area contributed by atoms with E-state index in [1.54, 1.807) is 20.8 Å². The third-order valence-electron chi connectivity index (χ3n) is 4.12. The van der Waals surface area contributed by atoms with E-state index in [9.17, 15) is 27.5 Å².